The highest BCUT2D eigenvalue weighted by molar-refractivity contribution is 7.86. The second-order valence-electron chi connectivity index (χ2n) is 35.1. The molecule has 4 aromatic rings. The van der Waals surface area contributed by atoms with Gasteiger partial charge in [0.1, 0.15) is 6.54 Å². The van der Waals surface area contributed by atoms with Crippen molar-refractivity contribution in [3.63, 3.8) is 0 Å². The van der Waals surface area contributed by atoms with Gasteiger partial charge in [-0.15, -0.1) is 0 Å². The Kier molecular flexibility index (Phi) is 48.1. The van der Waals surface area contributed by atoms with Crippen molar-refractivity contribution in [3.8, 4) is 34.5 Å². The lowest BCUT2D eigenvalue weighted by molar-refractivity contribution is -0.437. The Morgan fingerprint density at radius 3 is 1.04 bits per heavy atom. The quantitative estimate of drug-likeness (QED) is 0.00881. The summed E-state index contributed by atoms with van der Waals surface area (Å²) in [5.74, 6) is -3.31. The summed E-state index contributed by atoms with van der Waals surface area (Å²) < 4.78 is 177. The molecule has 2 aliphatic heterocycles. The molecule has 2 heterocycles. The number of carbonyl (C=O) groups is 6. The molecular formula is C97H149N6O24S4+. The van der Waals surface area contributed by atoms with E-state index in [0.29, 0.717) is 108 Å². The summed E-state index contributed by atoms with van der Waals surface area (Å²) in [5, 5.41) is 11.8. The maximum atomic E-state index is 14.9. The number of hydrogen-bond acceptors (Lipinski definition) is 21. The van der Waals surface area contributed by atoms with Crippen LogP contribution >= 0.6 is 0 Å². The molecule has 734 valence electrons. The van der Waals surface area contributed by atoms with Crippen molar-refractivity contribution in [1.82, 2.24) is 21.3 Å². The third-order valence-electron chi connectivity index (χ3n) is 23.2. The molecule has 4 aromatic carbocycles. The maximum absolute atomic E-state index is 14.9. The van der Waals surface area contributed by atoms with Crippen LogP contribution in [0.15, 0.2) is 72.5 Å². The molecule has 8 N–H and O–H groups in total. The Hall–Kier alpha value is -8.51. The highest BCUT2D eigenvalue weighted by Gasteiger charge is 2.49. The Bertz CT molecular complexity index is 4900. The number of amides is 4. The van der Waals surface area contributed by atoms with Gasteiger partial charge in [-0.3, -0.25) is 47.0 Å². The van der Waals surface area contributed by atoms with Gasteiger partial charge in [-0.1, -0.05) is 177 Å². The number of benzene rings is 4. The van der Waals surface area contributed by atoms with Gasteiger partial charge in [0.15, 0.2) is 40.3 Å². The Morgan fingerprint density at radius 2 is 0.687 bits per heavy atom. The van der Waals surface area contributed by atoms with E-state index in [1.54, 1.807) is 91.8 Å². The Morgan fingerprint density at radius 1 is 0.366 bits per heavy atom. The van der Waals surface area contributed by atoms with Crippen LogP contribution in [0.5, 0.6) is 34.5 Å². The number of hydrogen-bond donors (Lipinski definition) is 8. The van der Waals surface area contributed by atoms with Crippen molar-refractivity contribution in [3.05, 3.63) is 117 Å². The van der Waals surface area contributed by atoms with Crippen LogP contribution in [-0.2, 0) is 51.3 Å². The molecule has 0 radical (unpaired) electrons. The van der Waals surface area contributed by atoms with Gasteiger partial charge in [0.2, 0.25) is 17.2 Å². The molecule has 0 saturated carbocycles. The molecule has 0 saturated heterocycles. The zero-order valence-electron chi connectivity index (χ0n) is 79.2. The van der Waals surface area contributed by atoms with Gasteiger partial charge in [-0.2, -0.15) is 38.2 Å². The minimum absolute atomic E-state index is 0.00120. The lowest BCUT2D eigenvalue weighted by Crippen LogP contribution is -2.30. The molecule has 0 atom stereocenters. The van der Waals surface area contributed by atoms with E-state index in [1.165, 1.54) is 12.1 Å². The van der Waals surface area contributed by atoms with Crippen LogP contribution in [0.25, 0.3) is 0 Å². The predicted molar refractivity (Wildman–Crippen MR) is 514 cm³/mol. The van der Waals surface area contributed by atoms with E-state index >= 15 is 0 Å². The standard InChI is InChI=1S/C97H148N6O24S4/c1-11-17-23-31-54-122-82-68-74(69-83(123-55-32-24-18-12-2)90(82)126-58-35-27-21-15-5)94(108)100-50-40-48-98-92(106)72-64-76(80(104)44-29-37-60-128(110,111)112)88-78(66-72)102(52-42-62-130(116,117)118)86(96(88,7)8)46-39-47-87-97(9,10)89-77(81(105)45-30-38-61-129(113,114)115)65-73(67-79(89)103(87)53-43-63-131(119,120)121)93(107)99-49-41-51-101-95(109)75-70-84(124-56-33-25-19-13-3)91(127-59-36-28-22-16-6)85(71-75)125-57-34-26-20-14-4/h39,46-47,64-71H,11-38,40-45,48-63H2,1-10H3,(H7-,98,99,100,101,106,107,108,109,110,111,112,113,114,115,116,117,118,119,120,121)/p+1. The number of rotatable bonds is 70. The smallest absolute Gasteiger partial charge is 0.265 e. The van der Waals surface area contributed by atoms with Crippen LogP contribution in [0.1, 0.15) is 361 Å². The Balaban J connectivity index is 1.37. The van der Waals surface area contributed by atoms with E-state index in [1.807, 2.05) is 0 Å². The number of anilines is 1. The molecule has 0 spiro atoms. The maximum Gasteiger partial charge on any atom is 0.265 e. The van der Waals surface area contributed by atoms with Gasteiger partial charge in [-0.05, 0) is 151 Å². The average Bonchev–Trinajstić information content (AvgIpc) is 1.57. The van der Waals surface area contributed by atoms with Gasteiger partial charge < -0.3 is 54.6 Å². The van der Waals surface area contributed by atoms with Crippen molar-refractivity contribution in [1.29, 1.82) is 0 Å². The molecule has 131 heavy (non-hydrogen) atoms. The van der Waals surface area contributed by atoms with Crippen molar-refractivity contribution in [2.45, 2.75) is 298 Å². The SMILES string of the molecule is CCCCCCOc1cc(C(=O)NCCCNC(=O)c2cc(C(=O)CCCCS(=O)(=O)O)c3c(c2)N(CCCS(=O)(=O)O)C(=CC=CC2=[N+](CCCS(=O)(=O)O)c4cc(C(=O)NCCCNC(=O)c5cc(OCCCCCC)c(OCCCCCC)c(OCCCCCC)c5)cc(C(=O)CCCCS(=O)(=O)O)c4C2(C)C)C3(C)C)cc(OCCCCCC)c1OCCCCCC. The van der Waals surface area contributed by atoms with E-state index in [0.717, 1.165) is 154 Å². The molecule has 4 amide bonds. The van der Waals surface area contributed by atoms with Crippen LogP contribution in [0.2, 0.25) is 0 Å². The normalized spacial score (nSPS) is 13.9. The minimum atomic E-state index is -4.57. The fraction of sp³-hybridized carbons (Fsp3) is 0.639. The zero-order chi connectivity index (χ0) is 96.2. The zero-order valence-corrected chi connectivity index (χ0v) is 82.5. The van der Waals surface area contributed by atoms with Crippen LogP contribution < -0.4 is 54.6 Å². The van der Waals surface area contributed by atoms with Crippen LogP contribution in [0, 0.1) is 0 Å². The van der Waals surface area contributed by atoms with Gasteiger partial charge in [-0.25, -0.2) is 0 Å². The second-order valence-corrected chi connectivity index (χ2v) is 41.4. The number of allylic oxidation sites excluding steroid dienone is 4. The van der Waals surface area contributed by atoms with Crippen LogP contribution in [0.4, 0.5) is 11.4 Å². The fourth-order valence-corrected chi connectivity index (χ4v) is 18.3. The molecule has 2 aliphatic rings. The summed E-state index contributed by atoms with van der Waals surface area (Å²) in [6.45, 7) is 22.5. The summed E-state index contributed by atoms with van der Waals surface area (Å²) in [6.07, 6.45) is 27.7. The van der Waals surface area contributed by atoms with Crippen molar-refractivity contribution in [2.24, 2.45) is 0 Å². The average molecular weight is 1910 g/mol. The number of nitrogens with one attached hydrogen (secondary N) is 4. The minimum Gasteiger partial charge on any atom is -0.490 e. The molecule has 0 aliphatic carbocycles. The summed E-state index contributed by atoms with van der Waals surface area (Å²) in [5.41, 5.74) is 0.546. The van der Waals surface area contributed by atoms with Gasteiger partial charge >= 0.3 is 0 Å². The molecule has 0 unspecified atom stereocenters. The van der Waals surface area contributed by atoms with E-state index < -0.39 is 110 Å². The number of ether oxygens (including phenoxy) is 6. The number of fused-ring (bicyclic) bond motifs is 2. The van der Waals surface area contributed by atoms with Crippen molar-refractivity contribution >= 4 is 92.8 Å². The van der Waals surface area contributed by atoms with E-state index in [2.05, 4.69) is 62.8 Å². The summed E-state index contributed by atoms with van der Waals surface area (Å²) in [7, 11) is -18.0. The first-order chi connectivity index (χ1) is 62.3. The second kappa shape index (κ2) is 56.6. The summed E-state index contributed by atoms with van der Waals surface area (Å²) >= 11 is 0. The topological polar surface area (TPSA) is 430 Å². The first-order valence-electron chi connectivity index (χ1n) is 47.7. The summed E-state index contributed by atoms with van der Waals surface area (Å²) in [6, 6.07) is 12.6. The largest absolute Gasteiger partial charge is 0.490 e. The van der Waals surface area contributed by atoms with E-state index in [9.17, 15) is 80.6 Å². The lowest BCUT2D eigenvalue weighted by Gasteiger charge is -2.27. The van der Waals surface area contributed by atoms with Crippen LogP contribution in [-0.4, -0.2) is 199 Å². The fourth-order valence-electron chi connectivity index (χ4n) is 16.2. The number of ketones is 2. The molecule has 6 rings (SSSR count). The van der Waals surface area contributed by atoms with Gasteiger partial charge in [0.05, 0.1) is 73.6 Å². The molecular weight excluding hydrogens is 1760 g/mol. The highest BCUT2D eigenvalue weighted by Crippen LogP contribution is 2.51. The van der Waals surface area contributed by atoms with Crippen molar-refractivity contribution < 1.29 is 114 Å². The highest BCUT2D eigenvalue weighted by atomic mass is 32.2. The molecule has 34 heteroatoms. The monoisotopic (exact) mass is 1910 g/mol. The number of nitrogens with zero attached hydrogens (tertiary/aromatic N) is 2. The lowest BCUT2D eigenvalue weighted by atomic mass is 9.77. The third-order valence-corrected chi connectivity index (χ3v) is 26.4. The first kappa shape index (κ1) is 111. The molecule has 30 nitrogen and oxygen atoms in total. The van der Waals surface area contributed by atoms with Crippen molar-refractivity contribution in [2.75, 3.05) is 107 Å². The van der Waals surface area contributed by atoms with Crippen LogP contribution in [0.3, 0.4) is 0 Å². The van der Waals surface area contributed by atoms with Gasteiger partial charge in [0.25, 0.3) is 64.1 Å². The molecule has 0 fully saturated rings. The Labute approximate surface area is 779 Å². The van der Waals surface area contributed by atoms with E-state index in [4.69, 9.17) is 28.4 Å². The number of Topliss-reactive ketones (excluding diaryl/α,β-unsaturated/α-hetero) is 2. The number of unbranched alkanes of at least 4 members (excludes halogenated alkanes) is 20. The number of carbonyl (C=O) groups excluding carboxylic acids is 6. The molecule has 0 bridgehead atoms. The van der Waals surface area contributed by atoms with E-state index in [-0.39, 0.29) is 137 Å². The summed E-state index contributed by atoms with van der Waals surface area (Å²) in [4.78, 5) is 89.3. The third kappa shape index (κ3) is 38.1. The van der Waals surface area contributed by atoms with Gasteiger partial charge in [0, 0.05) is 114 Å². The predicted octanol–water partition coefficient (Wildman–Crippen LogP) is 18.2. The first-order valence-corrected chi connectivity index (χ1v) is 54.1. The molecule has 0 aromatic heterocycles.